The minimum absolute atomic E-state index is 0. The van der Waals surface area contributed by atoms with Crippen LogP contribution in [-0.2, 0) is 0 Å². The van der Waals surface area contributed by atoms with E-state index in [9.17, 15) is 0 Å². The summed E-state index contributed by atoms with van der Waals surface area (Å²) in [5.74, 6) is 0. The van der Waals surface area contributed by atoms with Gasteiger partial charge in [0.05, 0.1) is 10.2 Å². The smallest absolute Gasteiger partial charge is 1.00 e. The molecule has 8 nitrogen and oxygen atoms in total. The first-order valence-electron chi connectivity index (χ1n) is 1.10. The van der Waals surface area contributed by atoms with Crippen LogP contribution in [0.25, 0.3) is 0 Å². The minimum Gasteiger partial charge on any atom is -1.00 e. The Balaban J connectivity index is -0.0000000112. The summed E-state index contributed by atoms with van der Waals surface area (Å²) in [6.07, 6.45) is 0. The van der Waals surface area contributed by atoms with Crippen LogP contribution in [0.15, 0.2) is 0 Å². The second-order valence-electron chi connectivity index (χ2n) is 0.447. The predicted molar refractivity (Wildman–Crippen MR) is 32.2 cm³/mol. The van der Waals surface area contributed by atoms with Crippen molar-refractivity contribution in [2.45, 2.75) is 0 Å². The van der Waals surface area contributed by atoms with E-state index in [4.69, 9.17) is 30.6 Å². The summed E-state index contributed by atoms with van der Waals surface area (Å²) < 4.78 is 0. The Morgan fingerprint density at radius 2 is 0.750 bits per heavy atom. The molecule has 64 valence electrons. The number of hydrogen-bond donors (Lipinski definition) is 0. The van der Waals surface area contributed by atoms with Crippen LogP contribution in [0, 0.1) is 30.6 Å². The van der Waals surface area contributed by atoms with Crippen LogP contribution in [0.3, 0.4) is 0 Å². The maximum absolute atomic E-state index is 8.25. The number of halogens is 2. The Morgan fingerprint density at radius 3 is 0.750 bits per heavy atom. The summed E-state index contributed by atoms with van der Waals surface area (Å²) >= 11 is 0. The summed E-state index contributed by atoms with van der Waals surface area (Å²) in [6.45, 7) is 0. The molecule has 0 aromatic carbocycles. The SMILES string of the molecule is O=[N+]([O-])[O-].O=[N+]([O-])[O-].[Ca+2].[I-].[I-].[Sr+2]. The average molecular weight is 506 g/mol. The Labute approximate surface area is 168 Å². The van der Waals surface area contributed by atoms with Gasteiger partial charge in [-0.1, -0.05) is 0 Å². The van der Waals surface area contributed by atoms with Gasteiger partial charge in [-0.15, -0.1) is 0 Å². The maximum atomic E-state index is 8.25. The first kappa shape index (κ1) is 36.5. The van der Waals surface area contributed by atoms with E-state index in [2.05, 4.69) is 0 Å². The van der Waals surface area contributed by atoms with Crippen LogP contribution < -0.4 is 48.0 Å². The molecule has 0 unspecified atom stereocenters. The second-order valence-corrected chi connectivity index (χ2v) is 0.447. The van der Waals surface area contributed by atoms with Crippen molar-refractivity contribution in [2.24, 2.45) is 0 Å². The van der Waals surface area contributed by atoms with E-state index in [0.29, 0.717) is 0 Å². The monoisotopic (exact) mass is 506 g/mol. The summed E-state index contributed by atoms with van der Waals surface area (Å²) in [6, 6.07) is 0. The van der Waals surface area contributed by atoms with Gasteiger partial charge in [0.2, 0.25) is 0 Å². The molecule has 0 aliphatic rings. The average Bonchev–Trinajstić information content (AvgIpc) is 1.25. The molecular formula is CaI2N2O6Sr. The molecular weight excluding hydrogens is 506 g/mol. The first-order valence-corrected chi connectivity index (χ1v) is 1.10. The van der Waals surface area contributed by atoms with Crippen LogP contribution in [0.1, 0.15) is 0 Å². The molecule has 0 aromatic heterocycles. The molecule has 0 amide bonds. The Kier molecular flexibility index (Phi) is 88.8. The molecule has 0 aromatic rings. The van der Waals surface area contributed by atoms with E-state index in [0.717, 1.165) is 0 Å². The maximum Gasteiger partial charge on any atom is 2.00 e. The Hall–Kier alpha value is 2.60. The topological polar surface area (TPSA) is 132 Å². The van der Waals surface area contributed by atoms with Crippen molar-refractivity contribution in [3.63, 3.8) is 0 Å². The normalized spacial score (nSPS) is 4.00. The number of rotatable bonds is 0. The molecule has 0 aliphatic carbocycles. The fourth-order valence-corrected chi connectivity index (χ4v) is 0. The zero-order valence-corrected chi connectivity index (χ0v) is 15.5. The van der Waals surface area contributed by atoms with Crippen molar-refractivity contribution in [2.75, 3.05) is 0 Å². The molecule has 0 N–H and O–H groups in total. The van der Waals surface area contributed by atoms with Crippen molar-refractivity contribution in [1.82, 2.24) is 0 Å². The zero-order valence-electron chi connectivity index (χ0n) is 5.51. The van der Waals surface area contributed by atoms with Gasteiger partial charge in [0, 0.05) is 0 Å². The summed E-state index contributed by atoms with van der Waals surface area (Å²) in [5, 5.41) is 29.5. The van der Waals surface area contributed by atoms with E-state index >= 15 is 0 Å². The molecule has 0 heterocycles. The molecule has 0 bridgehead atoms. The van der Waals surface area contributed by atoms with Crippen LogP contribution in [0.5, 0.6) is 0 Å². The van der Waals surface area contributed by atoms with Gasteiger partial charge < -0.3 is 78.6 Å². The quantitative estimate of drug-likeness (QED) is 0.139. The van der Waals surface area contributed by atoms with Crippen molar-refractivity contribution in [3.05, 3.63) is 30.6 Å². The number of nitrogens with zero attached hydrogens (tertiary/aromatic N) is 2. The summed E-state index contributed by atoms with van der Waals surface area (Å²) in [5.41, 5.74) is 0. The van der Waals surface area contributed by atoms with E-state index in [1.165, 1.54) is 0 Å². The third-order valence-electron chi connectivity index (χ3n) is 0. The summed E-state index contributed by atoms with van der Waals surface area (Å²) in [4.78, 5) is 16.5. The van der Waals surface area contributed by atoms with Gasteiger partial charge >= 0.3 is 83.2 Å². The van der Waals surface area contributed by atoms with Gasteiger partial charge in [0.1, 0.15) is 0 Å². The number of hydrogen-bond acceptors (Lipinski definition) is 6. The molecule has 0 saturated heterocycles. The van der Waals surface area contributed by atoms with Crippen molar-refractivity contribution >= 4 is 83.2 Å². The molecule has 12 heteroatoms. The van der Waals surface area contributed by atoms with Gasteiger partial charge in [0.25, 0.3) is 0 Å². The third-order valence-corrected chi connectivity index (χ3v) is 0. The largest absolute Gasteiger partial charge is 2.00 e. The second kappa shape index (κ2) is 29.2. The molecule has 0 aliphatic heterocycles. The van der Waals surface area contributed by atoms with Crippen LogP contribution in [0.2, 0.25) is 0 Å². The minimum atomic E-state index is -1.75. The molecule has 12 heavy (non-hydrogen) atoms. The third kappa shape index (κ3) is 251. The molecule has 0 radical (unpaired) electrons. The van der Waals surface area contributed by atoms with Crippen LogP contribution in [0.4, 0.5) is 0 Å². The van der Waals surface area contributed by atoms with Gasteiger partial charge in [-0.2, -0.15) is 0 Å². The van der Waals surface area contributed by atoms with E-state index in [1.54, 1.807) is 0 Å². The van der Waals surface area contributed by atoms with Gasteiger partial charge in [-0.25, -0.2) is 0 Å². The van der Waals surface area contributed by atoms with E-state index in [1.807, 2.05) is 0 Å². The van der Waals surface area contributed by atoms with Crippen molar-refractivity contribution in [1.29, 1.82) is 0 Å². The summed E-state index contributed by atoms with van der Waals surface area (Å²) in [7, 11) is 0. The van der Waals surface area contributed by atoms with Crippen molar-refractivity contribution in [3.8, 4) is 0 Å². The van der Waals surface area contributed by atoms with E-state index < -0.39 is 10.2 Å². The fraction of sp³-hybridized carbons (Fsp3) is 0. The zero-order chi connectivity index (χ0) is 7.15. The Morgan fingerprint density at radius 1 is 0.750 bits per heavy atom. The first-order chi connectivity index (χ1) is 3.46. The fourth-order valence-electron chi connectivity index (χ4n) is 0. The molecule has 0 spiro atoms. The molecule has 0 saturated carbocycles. The van der Waals surface area contributed by atoms with Gasteiger partial charge in [0.15, 0.2) is 0 Å². The predicted octanol–water partition coefficient (Wildman–Crippen LogP) is -7.23. The van der Waals surface area contributed by atoms with Crippen LogP contribution >= 0.6 is 0 Å². The van der Waals surface area contributed by atoms with Crippen molar-refractivity contribution < 1.29 is 58.1 Å². The molecule has 0 fully saturated rings. The van der Waals surface area contributed by atoms with Gasteiger partial charge in [-0.05, 0) is 0 Å². The molecule has 0 rings (SSSR count). The standard InChI is InChI=1S/Ca.2HI.2NO3.Sr/c;;;2*2-1(3)4;/h;2*1H;;;/q+2;;;2*-1;+2/p-2. The van der Waals surface area contributed by atoms with Gasteiger partial charge in [-0.3, -0.25) is 0 Å². The Bertz CT molecular complexity index is 81.5. The molecule has 0 atom stereocenters. The van der Waals surface area contributed by atoms with E-state index in [-0.39, 0.29) is 131 Å². The van der Waals surface area contributed by atoms with Crippen LogP contribution in [-0.4, -0.2) is 93.4 Å².